The van der Waals surface area contributed by atoms with Gasteiger partial charge in [-0.05, 0) is 43.7 Å². The van der Waals surface area contributed by atoms with Crippen LogP contribution in [0.5, 0.6) is 0 Å². The maximum Gasteiger partial charge on any atom is 0.127 e. The van der Waals surface area contributed by atoms with E-state index in [4.69, 9.17) is 0 Å². The van der Waals surface area contributed by atoms with Gasteiger partial charge >= 0.3 is 0 Å². The van der Waals surface area contributed by atoms with Crippen LogP contribution in [0.15, 0.2) is 24.3 Å². The molecule has 0 radical (unpaired) electrons. The number of benzene rings is 1. The molecule has 1 aliphatic heterocycles. The fourth-order valence-electron chi connectivity index (χ4n) is 4.20. The molecule has 1 aromatic carbocycles. The van der Waals surface area contributed by atoms with Crippen molar-refractivity contribution in [3.8, 4) is 0 Å². The number of aldehydes is 1. The molecule has 0 saturated heterocycles. The van der Waals surface area contributed by atoms with Gasteiger partial charge in [0.15, 0.2) is 0 Å². The van der Waals surface area contributed by atoms with Crippen molar-refractivity contribution < 1.29 is 4.79 Å². The fraction of sp³-hybridized carbons (Fsp3) is 0.611. The first-order chi connectivity index (χ1) is 9.63. The van der Waals surface area contributed by atoms with Crippen molar-refractivity contribution in [3.05, 3.63) is 29.8 Å². The van der Waals surface area contributed by atoms with Crippen LogP contribution in [0.4, 0.5) is 5.69 Å². The van der Waals surface area contributed by atoms with Crippen LogP contribution in [0.1, 0.15) is 45.1 Å². The van der Waals surface area contributed by atoms with Gasteiger partial charge in [0.25, 0.3) is 0 Å². The van der Waals surface area contributed by atoms with E-state index in [2.05, 4.69) is 43.0 Å². The number of hydrogen-bond acceptors (Lipinski definition) is 2. The Morgan fingerprint density at radius 1 is 1.35 bits per heavy atom. The summed E-state index contributed by atoms with van der Waals surface area (Å²) < 4.78 is 0. The third-order valence-corrected chi connectivity index (χ3v) is 5.21. The molecule has 2 aliphatic rings. The van der Waals surface area contributed by atoms with Gasteiger partial charge in [0.2, 0.25) is 0 Å². The standard InChI is InChI=1S/C18H25NO/c1-14-6-5-9-18(11-14,13-20)12-19-15(2)10-16-7-3-4-8-17(16)19/h3-4,7-8,13-15H,5-6,9-12H2,1-2H3. The average molecular weight is 271 g/mol. The Morgan fingerprint density at radius 2 is 2.15 bits per heavy atom. The highest BCUT2D eigenvalue weighted by molar-refractivity contribution is 5.65. The van der Waals surface area contributed by atoms with Crippen molar-refractivity contribution in [3.63, 3.8) is 0 Å². The molecule has 0 N–H and O–H groups in total. The molecule has 2 heteroatoms. The van der Waals surface area contributed by atoms with Gasteiger partial charge in [0.05, 0.1) is 0 Å². The predicted molar refractivity (Wildman–Crippen MR) is 83.1 cm³/mol. The second-order valence-electron chi connectivity index (χ2n) is 6.99. The van der Waals surface area contributed by atoms with E-state index in [9.17, 15) is 4.79 Å². The Hall–Kier alpha value is -1.31. The average Bonchev–Trinajstić information content (AvgIpc) is 2.75. The van der Waals surface area contributed by atoms with E-state index in [1.165, 1.54) is 30.4 Å². The molecule has 20 heavy (non-hydrogen) atoms. The number of fused-ring (bicyclic) bond motifs is 1. The largest absolute Gasteiger partial charge is 0.367 e. The Labute approximate surface area is 122 Å². The van der Waals surface area contributed by atoms with Crippen LogP contribution < -0.4 is 4.90 Å². The minimum atomic E-state index is -0.122. The Bertz CT molecular complexity index is 498. The molecule has 1 aromatic rings. The van der Waals surface area contributed by atoms with E-state index in [-0.39, 0.29) is 5.41 Å². The third kappa shape index (κ3) is 2.36. The van der Waals surface area contributed by atoms with Gasteiger partial charge in [-0.2, -0.15) is 0 Å². The summed E-state index contributed by atoms with van der Waals surface area (Å²) in [5.41, 5.74) is 2.66. The lowest BCUT2D eigenvalue weighted by Crippen LogP contribution is -2.44. The van der Waals surface area contributed by atoms with Gasteiger partial charge in [-0.1, -0.05) is 38.0 Å². The summed E-state index contributed by atoms with van der Waals surface area (Å²) in [5, 5.41) is 0. The summed E-state index contributed by atoms with van der Waals surface area (Å²) in [6.07, 6.45) is 6.97. The molecule has 3 rings (SSSR count). The molecule has 1 fully saturated rings. The maximum atomic E-state index is 11.8. The van der Waals surface area contributed by atoms with Crippen molar-refractivity contribution in [2.24, 2.45) is 11.3 Å². The summed E-state index contributed by atoms with van der Waals surface area (Å²) >= 11 is 0. The predicted octanol–water partition coefficient (Wildman–Crippen LogP) is 3.83. The number of hydrogen-bond donors (Lipinski definition) is 0. The lowest BCUT2D eigenvalue weighted by molar-refractivity contribution is -0.118. The summed E-state index contributed by atoms with van der Waals surface area (Å²) in [5.74, 6) is 0.683. The summed E-state index contributed by atoms with van der Waals surface area (Å²) in [6.45, 7) is 5.47. The summed E-state index contributed by atoms with van der Waals surface area (Å²) in [4.78, 5) is 14.3. The number of nitrogens with zero attached hydrogens (tertiary/aromatic N) is 1. The van der Waals surface area contributed by atoms with Crippen LogP contribution in [0.3, 0.4) is 0 Å². The molecule has 3 atom stereocenters. The van der Waals surface area contributed by atoms with E-state index in [0.29, 0.717) is 12.0 Å². The molecule has 3 unspecified atom stereocenters. The number of anilines is 1. The molecule has 2 nitrogen and oxygen atoms in total. The van der Waals surface area contributed by atoms with Crippen LogP contribution >= 0.6 is 0 Å². The molecule has 1 saturated carbocycles. The van der Waals surface area contributed by atoms with Gasteiger partial charge in [-0.25, -0.2) is 0 Å². The zero-order chi connectivity index (χ0) is 14.2. The van der Waals surface area contributed by atoms with Crippen LogP contribution in [0, 0.1) is 11.3 Å². The summed E-state index contributed by atoms with van der Waals surface area (Å²) in [6, 6.07) is 9.18. The van der Waals surface area contributed by atoms with Gasteiger partial charge in [-0.3, -0.25) is 0 Å². The second-order valence-corrected chi connectivity index (χ2v) is 6.99. The van der Waals surface area contributed by atoms with Gasteiger partial charge < -0.3 is 9.69 Å². The van der Waals surface area contributed by atoms with Gasteiger partial charge in [0.1, 0.15) is 6.29 Å². The molecule has 0 spiro atoms. The maximum absolute atomic E-state index is 11.8. The monoisotopic (exact) mass is 271 g/mol. The topological polar surface area (TPSA) is 20.3 Å². The highest BCUT2D eigenvalue weighted by Gasteiger charge is 2.39. The fourth-order valence-corrected chi connectivity index (χ4v) is 4.20. The van der Waals surface area contributed by atoms with Crippen molar-refractivity contribution >= 4 is 12.0 Å². The SMILES string of the molecule is CC1CCCC(C=O)(CN2c3ccccc3CC2C)C1. The first kappa shape index (κ1) is 13.7. The Morgan fingerprint density at radius 3 is 2.90 bits per heavy atom. The highest BCUT2D eigenvalue weighted by Crippen LogP contribution is 2.42. The smallest absolute Gasteiger partial charge is 0.127 e. The van der Waals surface area contributed by atoms with Gasteiger partial charge in [0, 0.05) is 23.7 Å². The van der Waals surface area contributed by atoms with E-state index in [0.717, 1.165) is 25.8 Å². The number of carbonyl (C=O) groups is 1. The molecule has 1 heterocycles. The van der Waals surface area contributed by atoms with Crippen LogP contribution in [-0.2, 0) is 11.2 Å². The number of rotatable bonds is 3. The van der Waals surface area contributed by atoms with Crippen molar-refractivity contribution in [2.75, 3.05) is 11.4 Å². The molecular formula is C18H25NO. The Balaban J connectivity index is 1.84. The lowest BCUT2D eigenvalue weighted by Gasteiger charge is -2.40. The van der Waals surface area contributed by atoms with Crippen LogP contribution in [0.2, 0.25) is 0 Å². The van der Waals surface area contributed by atoms with Crippen molar-refractivity contribution in [2.45, 2.75) is 52.0 Å². The van der Waals surface area contributed by atoms with Crippen molar-refractivity contribution in [1.82, 2.24) is 0 Å². The molecule has 0 bridgehead atoms. The molecule has 0 amide bonds. The lowest BCUT2D eigenvalue weighted by atomic mass is 9.70. The number of para-hydroxylation sites is 1. The van der Waals surface area contributed by atoms with E-state index >= 15 is 0 Å². The van der Waals surface area contributed by atoms with E-state index in [1.807, 2.05) is 0 Å². The summed E-state index contributed by atoms with van der Waals surface area (Å²) in [7, 11) is 0. The first-order valence-corrected chi connectivity index (χ1v) is 7.94. The highest BCUT2D eigenvalue weighted by atomic mass is 16.1. The quantitative estimate of drug-likeness (QED) is 0.779. The van der Waals surface area contributed by atoms with Crippen LogP contribution in [0.25, 0.3) is 0 Å². The van der Waals surface area contributed by atoms with E-state index in [1.54, 1.807) is 0 Å². The first-order valence-electron chi connectivity index (χ1n) is 7.94. The zero-order valence-corrected chi connectivity index (χ0v) is 12.6. The minimum absolute atomic E-state index is 0.122. The minimum Gasteiger partial charge on any atom is -0.367 e. The van der Waals surface area contributed by atoms with Crippen molar-refractivity contribution in [1.29, 1.82) is 0 Å². The normalized spacial score (nSPS) is 33.0. The van der Waals surface area contributed by atoms with Crippen LogP contribution in [-0.4, -0.2) is 18.9 Å². The molecule has 0 aromatic heterocycles. The zero-order valence-electron chi connectivity index (χ0n) is 12.6. The molecule has 1 aliphatic carbocycles. The van der Waals surface area contributed by atoms with E-state index < -0.39 is 0 Å². The number of carbonyl (C=O) groups excluding carboxylic acids is 1. The van der Waals surface area contributed by atoms with Gasteiger partial charge in [-0.15, -0.1) is 0 Å². The molecular weight excluding hydrogens is 246 g/mol. The second kappa shape index (κ2) is 5.23. The Kier molecular flexibility index (Phi) is 3.57. The third-order valence-electron chi connectivity index (χ3n) is 5.21. The molecule has 108 valence electrons.